The number of esters is 2. The van der Waals surface area contributed by atoms with E-state index in [0.29, 0.717) is 17.4 Å². The molecule has 0 aromatic heterocycles. The Morgan fingerprint density at radius 1 is 0.372 bits per heavy atom. The molecule has 0 fully saturated rings. The molecule has 0 heterocycles. The zero-order valence-corrected chi connectivity index (χ0v) is 57.1. The second-order valence-corrected chi connectivity index (χ2v) is 25.9. The minimum atomic E-state index is -4.66. The first-order chi connectivity index (χ1) is 42.0. The first kappa shape index (κ1) is 82.4. The standard InChI is InChI=1S/C76H132NO8P/c1-6-8-10-12-14-16-18-20-22-24-26-28-30-32-34-36-37-38-39-41-43-45-47-49-51-53-55-57-59-61-63-65-67-69-76(79)85-74(73-84-86(80,81)83-71-70-77(3,4)5)72-82-75(78)68-66-64-62-60-58-56-54-52-50-48-46-44-42-40-35-33-31-29-27-25-23-21-19-17-15-13-11-9-7-2/h8,10,14,16,20,22,25-28,32,34,37-38,41,43,47,49,53,55,74H,6-7,9,11-13,15,17-19,21,23-24,29-31,33,35-36,39-40,42,44-46,48,50-52,54,56-73H2,1-5H3/b10-8-,16-14-,22-20-,27-25-,28-26-,34-32-,38-37-,43-41-,49-47-,55-53-. The van der Waals surface area contributed by atoms with Crippen molar-refractivity contribution in [1.82, 2.24) is 0 Å². The van der Waals surface area contributed by atoms with Crippen molar-refractivity contribution in [2.24, 2.45) is 0 Å². The second-order valence-electron chi connectivity index (χ2n) is 24.5. The minimum Gasteiger partial charge on any atom is -0.756 e. The van der Waals surface area contributed by atoms with Crippen LogP contribution in [0, 0.1) is 0 Å². The van der Waals surface area contributed by atoms with Crippen LogP contribution in [-0.2, 0) is 32.7 Å². The van der Waals surface area contributed by atoms with E-state index in [1.54, 1.807) is 0 Å². The first-order valence-electron chi connectivity index (χ1n) is 35.2. The Bertz CT molecular complexity index is 1870. The lowest BCUT2D eigenvalue weighted by atomic mass is 10.0. The van der Waals surface area contributed by atoms with E-state index in [-0.39, 0.29) is 32.0 Å². The van der Waals surface area contributed by atoms with Gasteiger partial charge in [0.1, 0.15) is 19.8 Å². The Hall–Kier alpha value is -3.59. The van der Waals surface area contributed by atoms with E-state index in [2.05, 4.69) is 135 Å². The Morgan fingerprint density at radius 3 is 1.00 bits per heavy atom. The molecule has 0 spiro atoms. The van der Waals surface area contributed by atoms with E-state index in [0.717, 1.165) is 109 Å². The number of phosphoric acid groups is 1. The summed E-state index contributed by atoms with van der Waals surface area (Å²) in [5.74, 6) is -0.854. The second kappa shape index (κ2) is 65.8. The molecule has 0 radical (unpaired) electrons. The van der Waals surface area contributed by atoms with Gasteiger partial charge in [-0.3, -0.25) is 14.2 Å². The van der Waals surface area contributed by atoms with Crippen LogP contribution in [-0.4, -0.2) is 70.0 Å². The Morgan fingerprint density at radius 2 is 0.663 bits per heavy atom. The molecule has 0 rings (SSSR count). The Labute approximate surface area is 530 Å². The van der Waals surface area contributed by atoms with Crippen LogP contribution in [0.2, 0.25) is 0 Å². The molecule has 0 amide bonds. The molecule has 10 heteroatoms. The number of quaternary nitrogens is 1. The first-order valence-corrected chi connectivity index (χ1v) is 36.7. The van der Waals surface area contributed by atoms with Gasteiger partial charge in [-0.25, -0.2) is 0 Å². The van der Waals surface area contributed by atoms with Crippen molar-refractivity contribution in [3.8, 4) is 0 Å². The SMILES string of the molecule is CC/C=C\C/C=C\C/C=C\C/C=C\C/C=C\C/C=C\C/C=C\C/C=C\C/C=C\CCCCCCCC(=O)OC(COC(=O)CCCCCCCCCCCCCCCCCCC/C=C\CCCCCCCCCC)COP(=O)([O-])OCC[N+](C)(C)C. The predicted molar refractivity (Wildman–Crippen MR) is 369 cm³/mol. The molecule has 0 aromatic carbocycles. The number of carbonyl (C=O) groups excluding carboxylic acids is 2. The molecule has 86 heavy (non-hydrogen) atoms. The van der Waals surface area contributed by atoms with Crippen molar-refractivity contribution >= 4 is 19.8 Å². The number of carbonyl (C=O) groups is 2. The van der Waals surface area contributed by atoms with Gasteiger partial charge in [0.25, 0.3) is 7.82 Å². The third-order valence-corrected chi connectivity index (χ3v) is 15.9. The van der Waals surface area contributed by atoms with Crippen LogP contribution < -0.4 is 4.89 Å². The molecule has 0 saturated heterocycles. The molecule has 0 aromatic rings. The van der Waals surface area contributed by atoms with Gasteiger partial charge in [-0.05, 0) is 109 Å². The van der Waals surface area contributed by atoms with Crippen LogP contribution in [0.1, 0.15) is 296 Å². The number of allylic oxidation sites excluding steroid dienone is 20. The smallest absolute Gasteiger partial charge is 0.306 e. The van der Waals surface area contributed by atoms with Gasteiger partial charge < -0.3 is 27.9 Å². The highest BCUT2D eigenvalue weighted by molar-refractivity contribution is 7.45. The number of likely N-dealkylation sites (N-methyl/N-ethyl adjacent to an activating group) is 1. The van der Waals surface area contributed by atoms with E-state index in [4.69, 9.17) is 18.5 Å². The fourth-order valence-electron chi connectivity index (χ4n) is 9.59. The molecule has 0 aliphatic heterocycles. The number of hydrogen-bond donors (Lipinski definition) is 0. The molecule has 494 valence electrons. The highest BCUT2D eigenvalue weighted by Gasteiger charge is 2.22. The van der Waals surface area contributed by atoms with Gasteiger partial charge in [0, 0.05) is 12.8 Å². The lowest BCUT2D eigenvalue weighted by molar-refractivity contribution is -0.870. The molecule has 0 bridgehead atoms. The van der Waals surface area contributed by atoms with Gasteiger partial charge in [-0.1, -0.05) is 296 Å². The average molecular weight is 1220 g/mol. The maximum absolute atomic E-state index is 12.9. The number of ether oxygens (including phenoxy) is 2. The quantitative estimate of drug-likeness (QED) is 0.0195. The van der Waals surface area contributed by atoms with E-state index >= 15 is 0 Å². The number of rotatable bonds is 64. The molecule has 2 unspecified atom stereocenters. The number of phosphoric ester groups is 1. The van der Waals surface area contributed by atoms with E-state index in [1.807, 2.05) is 21.1 Å². The lowest BCUT2D eigenvalue weighted by Gasteiger charge is -2.28. The van der Waals surface area contributed by atoms with Crippen molar-refractivity contribution in [1.29, 1.82) is 0 Å². The van der Waals surface area contributed by atoms with Crippen molar-refractivity contribution in [2.45, 2.75) is 302 Å². The van der Waals surface area contributed by atoms with Crippen LogP contribution in [0.25, 0.3) is 0 Å². The number of unbranched alkanes of at least 4 members (excludes halogenated alkanes) is 30. The molecule has 9 nitrogen and oxygen atoms in total. The highest BCUT2D eigenvalue weighted by Crippen LogP contribution is 2.38. The lowest BCUT2D eigenvalue weighted by Crippen LogP contribution is -2.37. The summed E-state index contributed by atoms with van der Waals surface area (Å²) in [7, 11) is 1.14. The zero-order chi connectivity index (χ0) is 62.6. The fourth-order valence-corrected chi connectivity index (χ4v) is 10.3. The summed E-state index contributed by atoms with van der Waals surface area (Å²) in [6.45, 7) is 4.12. The topological polar surface area (TPSA) is 111 Å². The Kier molecular flexibility index (Phi) is 63.1. The van der Waals surface area contributed by atoms with Crippen molar-refractivity contribution in [3.63, 3.8) is 0 Å². The third-order valence-electron chi connectivity index (χ3n) is 15.0. The minimum absolute atomic E-state index is 0.0401. The molecular weight excluding hydrogens is 1090 g/mol. The number of hydrogen-bond acceptors (Lipinski definition) is 8. The van der Waals surface area contributed by atoms with Crippen LogP contribution in [0.3, 0.4) is 0 Å². The van der Waals surface area contributed by atoms with Gasteiger partial charge in [0.15, 0.2) is 6.10 Å². The molecule has 2 atom stereocenters. The predicted octanol–water partition coefficient (Wildman–Crippen LogP) is 22.4. The van der Waals surface area contributed by atoms with Crippen LogP contribution in [0.15, 0.2) is 122 Å². The van der Waals surface area contributed by atoms with E-state index < -0.39 is 26.5 Å². The molecule has 0 aliphatic rings. The third kappa shape index (κ3) is 69.5. The maximum atomic E-state index is 12.9. The van der Waals surface area contributed by atoms with E-state index in [9.17, 15) is 19.0 Å². The summed E-state index contributed by atoms with van der Waals surface area (Å²) in [6, 6.07) is 0. The van der Waals surface area contributed by atoms with Gasteiger partial charge >= 0.3 is 11.9 Å². The molecular formula is C76H132NO8P. The van der Waals surface area contributed by atoms with Gasteiger partial charge in [0.2, 0.25) is 0 Å². The molecule has 0 aliphatic carbocycles. The van der Waals surface area contributed by atoms with Gasteiger partial charge in [0.05, 0.1) is 27.7 Å². The monoisotopic (exact) mass is 1220 g/mol. The fraction of sp³-hybridized carbons (Fsp3) is 0.711. The van der Waals surface area contributed by atoms with Crippen molar-refractivity contribution in [2.75, 3.05) is 47.5 Å². The summed E-state index contributed by atoms with van der Waals surface area (Å²) in [6.07, 6.45) is 94.2. The summed E-state index contributed by atoms with van der Waals surface area (Å²) in [4.78, 5) is 38.1. The van der Waals surface area contributed by atoms with Crippen molar-refractivity contribution < 1.29 is 42.1 Å². The molecule has 0 N–H and O–H groups in total. The summed E-state index contributed by atoms with van der Waals surface area (Å²) in [5, 5.41) is 0. The average Bonchev–Trinajstić information content (AvgIpc) is 3.70. The molecule has 0 saturated carbocycles. The van der Waals surface area contributed by atoms with Crippen LogP contribution >= 0.6 is 7.82 Å². The number of nitrogens with zero attached hydrogens (tertiary/aromatic N) is 1. The van der Waals surface area contributed by atoms with Crippen LogP contribution in [0.4, 0.5) is 0 Å². The normalized spacial score (nSPS) is 13.9. The van der Waals surface area contributed by atoms with Gasteiger partial charge in [-0.15, -0.1) is 0 Å². The zero-order valence-electron chi connectivity index (χ0n) is 56.2. The van der Waals surface area contributed by atoms with Crippen molar-refractivity contribution in [3.05, 3.63) is 122 Å². The summed E-state index contributed by atoms with van der Waals surface area (Å²) < 4.78 is 34.3. The summed E-state index contributed by atoms with van der Waals surface area (Å²) >= 11 is 0. The summed E-state index contributed by atoms with van der Waals surface area (Å²) in [5.41, 5.74) is 0. The highest BCUT2D eigenvalue weighted by atomic mass is 31.2. The van der Waals surface area contributed by atoms with Crippen LogP contribution in [0.5, 0.6) is 0 Å². The maximum Gasteiger partial charge on any atom is 0.306 e. The van der Waals surface area contributed by atoms with E-state index in [1.165, 1.54) is 154 Å². The Balaban J connectivity index is 4.13. The van der Waals surface area contributed by atoms with Gasteiger partial charge in [-0.2, -0.15) is 0 Å². The largest absolute Gasteiger partial charge is 0.756 e.